The predicted molar refractivity (Wildman–Crippen MR) is 116 cm³/mol. The van der Waals surface area contributed by atoms with Crippen LogP contribution in [0.1, 0.15) is 37.0 Å². The van der Waals surface area contributed by atoms with Crippen molar-refractivity contribution in [2.75, 3.05) is 0 Å². The second kappa shape index (κ2) is 8.55. The maximum Gasteiger partial charge on any atom is 0.220 e. The number of nitrogens with zero attached hydrogens (tertiary/aromatic N) is 4. The molecule has 5 rings (SSSR count). The largest absolute Gasteiger partial charge is 0.440 e. The number of amides is 1. The summed E-state index contributed by atoms with van der Waals surface area (Å²) in [4.78, 5) is 17.1. The van der Waals surface area contributed by atoms with Gasteiger partial charge in [0.2, 0.25) is 5.91 Å². The van der Waals surface area contributed by atoms with Gasteiger partial charge in [-0.05, 0) is 12.8 Å². The third-order valence-electron chi connectivity index (χ3n) is 5.35. The maximum absolute atomic E-state index is 12.4. The molecule has 0 aliphatic heterocycles. The smallest absolute Gasteiger partial charge is 0.220 e. The molecule has 2 aromatic heterocycles. The van der Waals surface area contributed by atoms with E-state index in [1.807, 2.05) is 65.2 Å². The van der Waals surface area contributed by atoms with E-state index in [-0.39, 0.29) is 5.91 Å². The van der Waals surface area contributed by atoms with Gasteiger partial charge in [-0.15, -0.1) is 10.2 Å². The molecule has 1 amide bonds. The van der Waals surface area contributed by atoms with Crippen LogP contribution in [0.5, 0.6) is 0 Å². The minimum absolute atomic E-state index is 0.0638. The van der Waals surface area contributed by atoms with Gasteiger partial charge >= 0.3 is 0 Å². The second-order valence-electron chi connectivity index (χ2n) is 7.68. The average molecular weight is 413 g/mol. The van der Waals surface area contributed by atoms with Crippen LogP contribution in [0.3, 0.4) is 0 Å². The molecule has 7 heteroatoms. The van der Waals surface area contributed by atoms with E-state index in [0.717, 1.165) is 41.2 Å². The Kier molecular flexibility index (Phi) is 5.31. The number of carbonyl (C=O) groups excluding carboxylic acids is 1. The van der Waals surface area contributed by atoms with E-state index in [4.69, 9.17) is 9.40 Å². The van der Waals surface area contributed by atoms with Gasteiger partial charge in [0.05, 0.1) is 6.54 Å². The van der Waals surface area contributed by atoms with E-state index in [0.29, 0.717) is 31.3 Å². The van der Waals surface area contributed by atoms with Gasteiger partial charge in [-0.25, -0.2) is 4.98 Å². The van der Waals surface area contributed by atoms with Gasteiger partial charge in [0.25, 0.3) is 0 Å². The van der Waals surface area contributed by atoms with Crippen LogP contribution in [0.25, 0.3) is 22.6 Å². The third-order valence-corrected chi connectivity index (χ3v) is 5.35. The molecule has 1 fully saturated rings. The van der Waals surface area contributed by atoms with Crippen molar-refractivity contribution in [2.24, 2.45) is 0 Å². The molecular weight excluding hydrogens is 390 g/mol. The van der Waals surface area contributed by atoms with Gasteiger partial charge in [-0.2, -0.15) is 0 Å². The Morgan fingerprint density at radius 3 is 2.45 bits per heavy atom. The summed E-state index contributed by atoms with van der Waals surface area (Å²) >= 11 is 0. The molecule has 1 saturated carbocycles. The Morgan fingerprint density at radius 2 is 1.74 bits per heavy atom. The molecule has 0 spiro atoms. The molecule has 2 heterocycles. The first kappa shape index (κ1) is 19.2. The van der Waals surface area contributed by atoms with E-state index in [9.17, 15) is 4.79 Å². The highest BCUT2D eigenvalue weighted by Gasteiger charge is 2.26. The van der Waals surface area contributed by atoms with Crippen molar-refractivity contribution in [3.63, 3.8) is 0 Å². The first-order chi connectivity index (χ1) is 15.3. The number of hydrogen-bond acceptors (Lipinski definition) is 5. The first-order valence-corrected chi connectivity index (χ1v) is 10.5. The summed E-state index contributed by atoms with van der Waals surface area (Å²) in [5.74, 6) is 2.00. The fourth-order valence-corrected chi connectivity index (χ4v) is 3.59. The van der Waals surface area contributed by atoms with Crippen molar-refractivity contribution < 1.29 is 9.21 Å². The lowest BCUT2D eigenvalue weighted by Crippen LogP contribution is -2.24. The summed E-state index contributed by atoms with van der Waals surface area (Å²) in [6.07, 6.45) is 4.75. The minimum atomic E-state index is -0.0638. The Balaban J connectivity index is 1.27. The molecule has 0 saturated heterocycles. The Bertz CT molecular complexity index is 1110. The number of benzene rings is 2. The lowest BCUT2D eigenvalue weighted by atomic mass is 10.1. The number of nitrogens with one attached hydrogen (secondary N) is 1. The molecule has 1 aliphatic carbocycles. The molecule has 0 unspecified atom stereocenters. The quantitative estimate of drug-likeness (QED) is 0.468. The van der Waals surface area contributed by atoms with Gasteiger partial charge in [-0.3, -0.25) is 4.79 Å². The van der Waals surface area contributed by atoms with Crippen LogP contribution in [0.2, 0.25) is 0 Å². The van der Waals surface area contributed by atoms with Gasteiger partial charge in [-0.1, -0.05) is 60.7 Å². The monoisotopic (exact) mass is 413 g/mol. The number of oxazole rings is 1. The molecule has 7 nitrogen and oxygen atoms in total. The van der Waals surface area contributed by atoms with E-state index >= 15 is 0 Å². The zero-order chi connectivity index (χ0) is 21.0. The molecule has 0 atom stereocenters. The van der Waals surface area contributed by atoms with Gasteiger partial charge in [0.15, 0.2) is 17.5 Å². The standard InChI is InChI=1S/C24H23N5O2/c30-21(25-15-20-28-26-16-29(20)19-11-12-19)13-14-22-27-23(17-7-3-1-4-8-17)24(31-22)18-9-5-2-6-10-18/h1-10,16,19H,11-15H2,(H,25,30). The molecule has 4 aromatic rings. The third kappa shape index (κ3) is 4.40. The second-order valence-corrected chi connectivity index (χ2v) is 7.68. The van der Waals surface area contributed by atoms with Crippen LogP contribution in [0.15, 0.2) is 71.4 Å². The lowest BCUT2D eigenvalue weighted by molar-refractivity contribution is -0.121. The predicted octanol–water partition coefficient (Wildman–Crippen LogP) is 4.18. The van der Waals surface area contributed by atoms with Crippen molar-refractivity contribution in [2.45, 2.75) is 38.3 Å². The number of aromatic nitrogens is 4. The highest BCUT2D eigenvalue weighted by molar-refractivity contribution is 5.77. The van der Waals surface area contributed by atoms with Crippen LogP contribution in [-0.2, 0) is 17.8 Å². The highest BCUT2D eigenvalue weighted by Crippen LogP contribution is 2.35. The van der Waals surface area contributed by atoms with Crippen LogP contribution in [-0.4, -0.2) is 25.7 Å². The lowest BCUT2D eigenvalue weighted by Gasteiger charge is -2.06. The molecule has 0 radical (unpaired) electrons. The SMILES string of the molecule is O=C(CCc1nc(-c2ccccc2)c(-c2ccccc2)o1)NCc1nncn1C1CC1. The fourth-order valence-electron chi connectivity index (χ4n) is 3.59. The van der Waals surface area contributed by atoms with Crippen LogP contribution >= 0.6 is 0 Å². The number of hydrogen-bond donors (Lipinski definition) is 1. The zero-order valence-electron chi connectivity index (χ0n) is 17.1. The Hall–Kier alpha value is -3.74. The number of aryl methyl sites for hydroxylation is 1. The van der Waals surface area contributed by atoms with E-state index in [2.05, 4.69) is 15.5 Å². The summed E-state index contributed by atoms with van der Waals surface area (Å²) in [6, 6.07) is 20.4. The van der Waals surface area contributed by atoms with Crippen molar-refractivity contribution in [1.82, 2.24) is 25.1 Å². The molecular formula is C24H23N5O2. The molecule has 31 heavy (non-hydrogen) atoms. The summed E-state index contributed by atoms with van der Waals surface area (Å²) < 4.78 is 8.15. The molecule has 2 aromatic carbocycles. The first-order valence-electron chi connectivity index (χ1n) is 10.5. The fraction of sp³-hybridized carbons (Fsp3) is 0.250. The van der Waals surface area contributed by atoms with Gasteiger partial charge < -0.3 is 14.3 Å². The van der Waals surface area contributed by atoms with Gasteiger partial charge in [0.1, 0.15) is 12.0 Å². The summed E-state index contributed by atoms with van der Waals surface area (Å²) in [5.41, 5.74) is 2.74. The van der Waals surface area contributed by atoms with Crippen LogP contribution in [0, 0.1) is 0 Å². The Morgan fingerprint density at radius 1 is 1.03 bits per heavy atom. The number of carbonyl (C=O) groups is 1. The minimum Gasteiger partial charge on any atom is -0.440 e. The molecule has 156 valence electrons. The van der Waals surface area contributed by atoms with Crippen molar-refractivity contribution in [3.8, 4) is 22.6 Å². The van der Waals surface area contributed by atoms with E-state index in [1.165, 1.54) is 0 Å². The summed E-state index contributed by atoms with van der Waals surface area (Å²) in [6.45, 7) is 0.380. The van der Waals surface area contributed by atoms with Crippen molar-refractivity contribution in [1.29, 1.82) is 0 Å². The average Bonchev–Trinajstić information content (AvgIpc) is 3.39. The van der Waals surface area contributed by atoms with Crippen molar-refractivity contribution in [3.05, 3.63) is 78.7 Å². The topological polar surface area (TPSA) is 85.8 Å². The highest BCUT2D eigenvalue weighted by atomic mass is 16.4. The van der Waals surface area contributed by atoms with Crippen LogP contribution in [0.4, 0.5) is 0 Å². The zero-order valence-corrected chi connectivity index (χ0v) is 17.1. The number of rotatable bonds is 8. The normalized spacial score (nSPS) is 13.3. The van der Waals surface area contributed by atoms with Crippen molar-refractivity contribution >= 4 is 5.91 Å². The molecule has 1 N–H and O–H groups in total. The van der Waals surface area contributed by atoms with E-state index in [1.54, 1.807) is 6.33 Å². The molecule has 0 bridgehead atoms. The molecule has 1 aliphatic rings. The Labute approximate surface area is 180 Å². The maximum atomic E-state index is 12.4. The van der Waals surface area contributed by atoms with E-state index < -0.39 is 0 Å². The summed E-state index contributed by atoms with van der Waals surface area (Å²) in [5, 5.41) is 11.0. The van der Waals surface area contributed by atoms with Gasteiger partial charge in [0, 0.05) is 30.0 Å². The van der Waals surface area contributed by atoms with Crippen LogP contribution < -0.4 is 5.32 Å². The summed E-state index contributed by atoms with van der Waals surface area (Å²) in [7, 11) is 0.